The molecule has 0 amide bonds. The van der Waals surface area contributed by atoms with Gasteiger partial charge in [-0.05, 0) is 0 Å². The van der Waals surface area contributed by atoms with Gasteiger partial charge in [-0.3, -0.25) is 18.7 Å². The molecule has 0 aromatic heterocycles. The van der Waals surface area contributed by atoms with Gasteiger partial charge in [0, 0.05) is 0 Å². The number of carbonyl (C=O) groups excluding carboxylic acids is 2. The monoisotopic (exact) mass is 328 g/mol. The standard InChI is InChI=1S/C8H8O10S2/c9-5-1-3(19(11,12)13)7(17-5)8-4(20(14,15)16)2-6(10)18-8/h3-4H,1-2H2,(H,11,12,13)(H,14,15,16)/b8-7-. The van der Waals surface area contributed by atoms with Gasteiger partial charge >= 0.3 is 11.9 Å². The summed E-state index contributed by atoms with van der Waals surface area (Å²) in [6.45, 7) is 0. The lowest BCUT2D eigenvalue weighted by Crippen LogP contribution is -2.25. The van der Waals surface area contributed by atoms with Crippen LogP contribution in [0.3, 0.4) is 0 Å². The molecule has 2 N–H and O–H groups in total. The lowest BCUT2D eigenvalue weighted by molar-refractivity contribution is -0.138. The topological polar surface area (TPSA) is 161 Å². The first-order chi connectivity index (χ1) is 9.00. The molecular formula is C8H8O10S2. The predicted molar refractivity (Wildman–Crippen MR) is 59.1 cm³/mol. The summed E-state index contributed by atoms with van der Waals surface area (Å²) in [5, 5.41) is -3.75. The summed E-state index contributed by atoms with van der Waals surface area (Å²) >= 11 is 0. The summed E-state index contributed by atoms with van der Waals surface area (Å²) < 4.78 is 71.4. The van der Waals surface area contributed by atoms with Crippen LogP contribution in [-0.4, -0.2) is 48.4 Å². The van der Waals surface area contributed by atoms with Gasteiger partial charge in [-0.2, -0.15) is 16.8 Å². The molecule has 0 aromatic rings. The fraction of sp³-hybridized carbons (Fsp3) is 0.500. The predicted octanol–water partition coefficient (Wildman–Crippen LogP) is -1.40. The Morgan fingerprint density at radius 1 is 0.800 bits per heavy atom. The van der Waals surface area contributed by atoms with Crippen LogP contribution >= 0.6 is 0 Å². The molecule has 2 atom stereocenters. The fourth-order valence-electron chi connectivity index (χ4n) is 1.85. The van der Waals surface area contributed by atoms with Crippen LogP contribution in [-0.2, 0) is 39.3 Å². The zero-order valence-corrected chi connectivity index (χ0v) is 11.2. The van der Waals surface area contributed by atoms with Crippen LogP contribution in [0.25, 0.3) is 0 Å². The first kappa shape index (κ1) is 14.9. The Labute approximate surface area is 112 Å². The fourth-order valence-corrected chi connectivity index (χ4v) is 3.41. The molecule has 0 radical (unpaired) electrons. The number of hydrogen-bond donors (Lipinski definition) is 2. The van der Waals surface area contributed by atoms with Crippen LogP contribution in [0.5, 0.6) is 0 Å². The number of ether oxygens (including phenoxy) is 2. The molecule has 2 unspecified atom stereocenters. The summed E-state index contributed by atoms with van der Waals surface area (Å²) in [5.41, 5.74) is 0. The largest absolute Gasteiger partial charge is 0.426 e. The minimum absolute atomic E-state index is 0.757. The van der Waals surface area contributed by atoms with Crippen molar-refractivity contribution in [1.29, 1.82) is 0 Å². The van der Waals surface area contributed by atoms with Crippen molar-refractivity contribution < 1.29 is 45.0 Å². The summed E-state index contributed by atoms with van der Waals surface area (Å²) in [7, 11) is -9.56. The third kappa shape index (κ3) is 2.67. The molecule has 2 heterocycles. The van der Waals surface area contributed by atoms with Crippen molar-refractivity contribution >= 4 is 32.2 Å². The molecule has 112 valence electrons. The van der Waals surface area contributed by atoms with Gasteiger partial charge in [0.2, 0.25) is 0 Å². The van der Waals surface area contributed by atoms with Crippen LogP contribution < -0.4 is 0 Å². The maximum Gasteiger partial charge on any atom is 0.312 e. The SMILES string of the molecule is O=C1CC(S(=O)(=O)O)/C(=C2/OC(=O)CC2S(=O)(=O)O)O1. The van der Waals surface area contributed by atoms with E-state index < -0.39 is 67.0 Å². The van der Waals surface area contributed by atoms with E-state index in [2.05, 4.69) is 9.47 Å². The van der Waals surface area contributed by atoms with E-state index in [0.717, 1.165) is 0 Å². The Morgan fingerprint density at radius 2 is 1.10 bits per heavy atom. The maximum atomic E-state index is 11.1. The quantitative estimate of drug-likeness (QED) is 0.455. The molecule has 2 saturated heterocycles. The van der Waals surface area contributed by atoms with E-state index in [-0.39, 0.29) is 0 Å². The lowest BCUT2D eigenvalue weighted by atomic mass is 10.2. The Kier molecular flexibility index (Phi) is 3.36. The van der Waals surface area contributed by atoms with Gasteiger partial charge in [0.15, 0.2) is 22.0 Å². The van der Waals surface area contributed by atoms with Crippen LogP contribution in [0.4, 0.5) is 0 Å². The van der Waals surface area contributed by atoms with Crippen molar-refractivity contribution in [3.8, 4) is 0 Å². The van der Waals surface area contributed by atoms with Crippen molar-refractivity contribution in [2.45, 2.75) is 23.3 Å². The molecule has 2 fully saturated rings. The highest BCUT2D eigenvalue weighted by atomic mass is 32.2. The maximum absolute atomic E-state index is 11.1. The molecule has 0 saturated carbocycles. The van der Waals surface area contributed by atoms with Gasteiger partial charge in [-0.25, -0.2) is 0 Å². The van der Waals surface area contributed by atoms with E-state index >= 15 is 0 Å². The second kappa shape index (κ2) is 4.51. The second-order valence-corrected chi connectivity index (χ2v) is 7.29. The van der Waals surface area contributed by atoms with Crippen molar-refractivity contribution in [3.63, 3.8) is 0 Å². The number of cyclic esters (lactones) is 2. The minimum Gasteiger partial charge on any atom is -0.426 e. The summed E-state index contributed by atoms with van der Waals surface area (Å²) in [6.07, 6.45) is -1.51. The van der Waals surface area contributed by atoms with E-state index in [0.29, 0.717) is 0 Å². The van der Waals surface area contributed by atoms with Crippen molar-refractivity contribution in [1.82, 2.24) is 0 Å². The van der Waals surface area contributed by atoms with Gasteiger partial charge in [0.05, 0.1) is 12.8 Å². The van der Waals surface area contributed by atoms with E-state index in [4.69, 9.17) is 9.11 Å². The first-order valence-corrected chi connectivity index (χ1v) is 8.09. The van der Waals surface area contributed by atoms with Gasteiger partial charge in [-0.15, -0.1) is 0 Å². The Balaban J connectivity index is 2.59. The molecule has 20 heavy (non-hydrogen) atoms. The van der Waals surface area contributed by atoms with Gasteiger partial charge in [0.25, 0.3) is 20.2 Å². The smallest absolute Gasteiger partial charge is 0.312 e. The molecule has 0 bridgehead atoms. The molecule has 10 nitrogen and oxygen atoms in total. The van der Waals surface area contributed by atoms with Gasteiger partial charge < -0.3 is 9.47 Å². The average molecular weight is 328 g/mol. The highest BCUT2D eigenvalue weighted by Crippen LogP contribution is 2.35. The number of carbonyl (C=O) groups is 2. The van der Waals surface area contributed by atoms with Gasteiger partial charge in [0.1, 0.15) is 0 Å². The summed E-state index contributed by atoms with van der Waals surface area (Å²) in [4.78, 5) is 22.2. The third-order valence-electron chi connectivity index (χ3n) is 2.70. The molecular weight excluding hydrogens is 320 g/mol. The summed E-state index contributed by atoms with van der Waals surface area (Å²) in [6, 6.07) is 0. The van der Waals surface area contributed by atoms with Crippen LogP contribution in [0.15, 0.2) is 11.5 Å². The van der Waals surface area contributed by atoms with E-state index in [9.17, 15) is 26.4 Å². The molecule has 12 heteroatoms. The van der Waals surface area contributed by atoms with Crippen LogP contribution in [0, 0.1) is 0 Å². The highest BCUT2D eigenvalue weighted by Gasteiger charge is 2.49. The molecule has 2 aliphatic rings. The molecule has 0 aliphatic carbocycles. The Bertz CT molecular complexity index is 650. The number of rotatable bonds is 2. The molecule has 2 aliphatic heterocycles. The molecule has 0 spiro atoms. The van der Waals surface area contributed by atoms with E-state index in [1.165, 1.54) is 0 Å². The zero-order valence-electron chi connectivity index (χ0n) is 9.55. The third-order valence-corrected chi connectivity index (χ3v) is 4.90. The van der Waals surface area contributed by atoms with Crippen LogP contribution in [0.1, 0.15) is 12.8 Å². The Morgan fingerprint density at radius 3 is 1.35 bits per heavy atom. The number of esters is 2. The molecule has 2 rings (SSSR count). The first-order valence-electron chi connectivity index (χ1n) is 5.08. The van der Waals surface area contributed by atoms with Crippen molar-refractivity contribution in [2.24, 2.45) is 0 Å². The average Bonchev–Trinajstić information content (AvgIpc) is 2.79. The Hall–Kier alpha value is -1.50. The van der Waals surface area contributed by atoms with E-state index in [1.54, 1.807) is 0 Å². The second-order valence-electron chi connectivity index (χ2n) is 4.09. The lowest BCUT2D eigenvalue weighted by Gasteiger charge is -2.11. The van der Waals surface area contributed by atoms with Crippen LogP contribution in [0.2, 0.25) is 0 Å². The van der Waals surface area contributed by atoms with E-state index in [1.807, 2.05) is 0 Å². The minimum atomic E-state index is -4.78. The molecule has 0 aromatic carbocycles. The number of hydrogen-bond acceptors (Lipinski definition) is 8. The highest BCUT2D eigenvalue weighted by molar-refractivity contribution is 7.87. The zero-order chi connectivity index (χ0) is 15.3. The van der Waals surface area contributed by atoms with Crippen molar-refractivity contribution in [2.75, 3.05) is 0 Å². The summed E-state index contributed by atoms with van der Waals surface area (Å²) in [5.74, 6) is -3.70. The van der Waals surface area contributed by atoms with Gasteiger partial charge in [-0.1, -0.05) is 0 Å². The normalized spacial score (nSPS) is 31.3. The van der Waals surface area contributed by atoms with Crippen molar-refractivity contribution in [3.05, 3.63) is 11.5 Å².